The second-order valence-electron chi connectivity index (χ2n) is 7.89. The largest absolute Gasteiger partial charge is 0.198 e. The van der Waals surface area contributed by atoms with Crippen LogP contribution in [0.4, 0.5) is 0 Å². The molecule has 0 N–H and O–H groups in total. The van der Waals surface area contributed by atoms with E-state index in [0.29, 0.717) is 0 Å². The highest BCUT2D eigenvalue weighted by molar-refractivity contribution is 5.08. The number of hydrogen-bond acceptors (Lipinski definition) is 1. The molecule has 2 aliphatic carbocycles. The first-order chi connectivity index (χ1) is 10.2. The van der Waals surface area contributed by atoms with Crippen molar-refractivity contribution in [2.75, 3.05) is 0 Å². The molecule has 0 aliphatic heterocycles. The van der Waals surface area contributed by atoms with Crippen molar-refractivity contribution in [2.45, 2.75) is 97.3 Å². The molecule has 2 unspecified atom stereocenters. The van der Waals surface area contributed by atoms with Crippen molar-refractivity contribution in [3.63, 3.8) is 0 Å². The summed E-state index contributed by atoms with van der Waals surface area (Å²) in [6.07, 6.45) is 17.4. The minimum Gasteiger partial charge on any atom is -0.198 e. The molecule has 2 fully saturated rings. The monoisotopic (exact) mass is 289 g/mol. The molecular weight excluding hydrogens is 254 g/mol. The van der Waals surface area contributed by atoms with Gasteiger partial charge < -0.3 is 0 Å². The smallest absolute Gasteiger partial charge is 0.0692 e. The van der Waals surface area contributed by atoms with E-state index >= 15 is 0 Å². The van der Waals surface area contributed by atoms with Gasteiger partial charge in [-0.3, -0.25) is 0 Å². The highest BCUT2D eigenvalue weighted by Gasteiger charge is 2.47. The van der Waals surface area contributed by atoms with Gasteiger partial charge in [-0.25, -0.2) is 0 Å². The summed E-state index contributed by atoms with van der Waals surface area (Å²) in [6.45, 7) is 4.58. The quantitative estimate of drug-likeness (QED) is 0.492. The molecule has 2 saturated carbocycles. The van der Waals surface area contributed by atoms with Gasteiger partial charge in [-0.05, 0) is 49.9 Å². The maximum Gasteiger partial charge on any atom is 0.0692 e. The fourth-order valence-corrected chi connectivity index (χ4v) is 5.01. The molecule has 1 heteroatoms. The van der Waals surface area contributed by atoms with E-state index in [1.807, 2.05) is 0 Å². The van der Waals surface area contributed by atoms with Crippen molar-refractivity contribution in [1.82, 2.24) is 0 Å². The Labute approximate surface area is 132 Å². The zero-order valence-electron chi connectivity index (χ0n) is 14.4. The Hall–Kier alpha value is -0.510. The average Bonchev–Trinajstić information content (AvgIpc) is 2.53. The van der Waals surface area contributed by atoms with E-state index in [-0.39, 0.29) is 5.41 Å². The van der Waals surface area contributed by atoms with Gasteiger partial charge in [0.15, 0.2) is 0 Å². The molecule has 0 aromatic carbocycles. The fourth-order valence-electron chi connectivity index (χ4n) is 5.01. The number of fused-ring (bicyclic) bond motifs is 1. The summed E-state index contributed by atoms with van der Waals surface area (Å²) in [5, 5.41) is 9.88. The normalized spacial score (nSPS) is 36.0. The van der Waals surface area contributed by atoms with Crippen molar-refractivity contribution < 1.29 is 0 Å². The topological polar surface area (TPSA) is 23.8 Å². The molecule has 21 heavy (non-hydrogen) atoms. The zero-order chi connectivity index (χ0) is 15.1. The van der Waals surface area contributed by atoms with Gasteiger partial charge in [0.25, 0.3) is 0 Å². The first kappa shape index (κ1) is 16.9. The van der Waals surface area contributed by atoms with Crippen molar-refractivity contribution in [2.24, 2.45) is 23.2 Å². The summed E-state index contributed by atoms with van der Waals surface area (Å²) < 4.78 is 0. The van der Waals surface area contributed by atoms with Gasteiger partial charge in [-0.2, -0.15) is 5.26 Å². The van der Waals surface area contributed by atoms with E-state index in [1.54, 1.807) is 0 Å². The van der Waals surface area contributed by atoms with E-state index in [1.165, 1.54) is 83.5 Å². The number of nitriles is 1. The lowest BCUT2D eigenvalue weighted by Crippen LogP contribution is -2.40. The van der Waals surface area contributed by atoms with Crippen LogP contribution >= 0.6 is 0 Å². The molecule has 0 aromatic rings. The summed E-state index contributed by atoms with van der Waals surface area (Å²) in [6, 6.07) is 2.82. The van der Waals surface area contributed by atoms with Gasteiger partial charge in [0.1, 0.15) is 0 Å². The number of rotatable bonds is 7. The Kier molecular flexibility index (Phi) is 6.59. The second kappa shape index (κ2) is 8.21. The van der Waals surface area contributed by atoms with Crippen LogP contribution in [0, 0.1) is 34.5 Å². The molecule has 0 saturated heterocycles. The Morgan fingerprint density at radius 1 is 0.952 bits per heavy atom. The summed E-state index contributed by atoms with van der Waals surface area (Å²) in [7, 11) is 0. The Morgan fingerprint density at radius 2 is 1.71 bits per heavy atom. The first-order valence-corrected chi connectivity index (χ1v) is 9.65. The molecule has 0 amide bonds. The van der Waals surface area contributed by atoms with Crippen molar-refractivity contribution in [3.8, 4) is 6.07 Å². The van der Waals surface area contributed by atoms with Crippen molar-refractivity contribution in [1.29, 1.82) is 5.26 Å². The lowest BCUT2D eigenvalue weighted by molar-refractivity contribution is 0.0367. The molecule has 1 nitrogen and oxygen atoms in total. The maximum absolute atomic E-state index is 9.88. The van der Waals surface area contributed by atoms with Gasteiger partial charge >= 0.3 is 0 Å². The number of hydrogen-bond donors (Lipinski definition) is 0. The third kappa shape index (κ3) is 4.24. The molecular formula is C20H35N. The van der Waals surface area contributed by atoms with Gasteiger partial charge in [0, 0.05) is 0 Å². The molecule has 120 valence electrons. The maximum atomic E-state index is 9.88. The Morgan fingerprint density at radius 3 is 2.43 bits per heavy atom. The molecule has 2 rings (SSSR count). The van der Waals surface area contributed by atoms with E-state index in [0.717, 1.165) is 17.8 Å². The van der Waals surface area contributed by atoms with E-state index in [9.17, 15) is 5.26 Å². The molecule has 2 aliphatic rings. The number of unbranched alkanes of at least 4 members (excludes halogenated alkanes) is 3. The highest BCUT2D eigenvalue weighted by atomic mass is 14.5. The number of nitrogens with zero attached hydrogens (tertiary/aromatic N) is 1. The van der Waals surface area contributed by atoms with Crippen LogP contribution in [0.5, 0.6) is 0 Å². The second-order valence-corrected chi connectivity index (χ2v) is 7.89. The van der Waals surface area contributed by atoms with Crippen LogP contribution in [0.3, 0.4) is 0 Å². The standard InChI is InChI=1S/C20H35N/c1-3-5-7-9-18-10-11-19-14-17(8-6-4-2)12-13-20(19,15-18)16-21/h17-19H,3-15H2,1-2H3/t17?,18-,19-,20?/m1/s1. The highest BCUT2D eigenvalue weighted by Crippen LogP contribution is 2.54. The minimum absolute atomic E-state index is 0.0673. The summed E-state index contributed by atoms with van der Waals surface area (Å²) in [5.74, 6) is 2.49. The zero-order valence-corrected chi connectivity index (χ0v) is 14.4. The predicted octanol–water partition coefficient (Wildman–Crippen LogP) is 6.48. The van der Waals surface area contributed by atoms with Crippen LogP contribution in [0.25, 0.3) is 0 Å². The van der Waals surface area contributed by atoms with Crippen molar-refractivity contribution in [3.05, 3.63) is 0 Å². The van der Waals surface area contributed by atoms with Crippen LogP contribution in [-0.4, -0.2) is 0 Å². The van der Waals surface area contributed by atoms with E-state index in [2.05, 4.69) is 19.9 Å². The average molecular weight is 290 g/mol. The summed E-state index contributed by atoms with van der Waals surface area (Å²) in [4.78, 5) is 0. The lowest BCUT2D eigenvalue weighted by Gasteiger charge is -2.48. The van der Waals surface area contributed by atoms with Gasteiger partial charge in [-0.1, -0.05) is 65.2 Å². The van der Waals surface area contributed by atoms with Crippen LogP contribution in [0.2, 0.25) is 0 Å². The lowest BCUT2D eigenvalue weighted by atomic mass is 9.55. The molecule has 0 bridgehead atoms. The molecule has 4 atom stereocenters. The molecule has 0 aromatic heterocycles. The summed E-state index contributed by atoms with van der Waals surface area (Å²) in [5.41, 5.74) is 0.0673. The third-order valence-electron chi connectivity index (χ3n) is 6.38. The molecule has 0 spiro atoms. The van der Waals surface area contributed by atoms with Gasteiger partial charge in [-0.15, -0.1) is 0 Å². The summed E-state index contributed by atoms with van der Waals surface area (Å²) >= 11 is 0. The third-order valence-corrected chi connectivity index (χ3v) is 6.38. The van der Waals surface area contributed by atoms with E-state index in [4.69, 9.17) is 0 Å². The molecule has 0 radical (unpaired) electrons. The van der Waals surface area contributed by atoms with E-state index < -0.39 is 0 Å². The fraction of sp³-hybridized carbons (Fsp3) is 0.950. The SMILES string of the molecule is CCCCC[C@@H]1CC[C@@H]2CC(CCCC)CCC2(C#N)C1. The Balaban J connectivity index is 1.89. The molecule has 0 heterocycles. The Bertz CT molecular complexity index is 342. The minimum atomic E-state index is 0.0673. The van der Waals surface area contributed by atoms with Crippen molar-refractivity contribution >= 4 is 0 Å². The van der Waals surface area contributed by atoms with Crippen LogP contribution in [0.15, 0.2) is 0 Å². The van der Waals surface area contributed by atoms with Gasteiger partial charge in [0.05, 0.1) is 11.5 Å². The predicted molar refractivity (Wildman–Crippen MR) is 89.9 cm³/mol. The van der Waals surface area contributed by atoms with Crippen LogP contribution < -0.4 is 0 Å². The van der Waals surface area contributed by atoms with Crippen LogP contribution in [0.1, 0.15) is 97.3 Å². The first-order valence-electron chi connectivity index (χ1n) is 9.65. The van der Waals surface area contributed by atoms with Crippen LogP contribution in [-0.2, 0) is 0 Å². The van der Waals surface area contributed by atoms with Gasteiger partial charge in [0.2, 0.25) is 0 Å².